The molecule has 0 aromatic heterocycles. The van der Waals surface area contributed by atoms with Crippen molar-refractivity contribution in [3.8, 4) is 0 Å². The molecule has 1 amide bonds. The molecule has 0 radical (unpaired) electrons. The van der Waals surface area contributed by atoms with Gasteiger partial charge in [-0.2, -0.15) is 0 Å². The smallest absolute Gasteiger partial charge is 0.224 e. The highest BCUT2D eigenvalue weighted by Gasteiger charge is 2.37. The summed E-state index contributed by atoms with van der Waals surface area (Å²) in [4.78, 5) is 12.8. The van der Waals surface area contributed by atoms with Crippen molar-refractivity contribution >= 4 is 5.91 Å². The summed E-state index contributed by atoms with van der Waals surface area (Å²) < 4.78 is 0. The molecule has 4 heteroatoms. The predicted octanol–water partition coefficient (Wildman–Crippen LogP) is -0.293. The molecule has 0 heterocycles. The van der Waals surface area contributed by atoms with E-state index in [2.05, 4.69) is 0 Å². The molecule has 2 unspecified atom stereocenters. The van der Waals surface area contributed by atoms with Gasteiger partial charge in [0.05, 0.1) is 12.0 Å². The summed E-state index contributed by atoms with van der Waals surface area (Å²) in [6, 6.07) is 0.0555. The van der Waals surface area contributed by atoms with E-state index >= 15 is 0 Å². The van der Waals surface area contributed by atoms with Gasteiger partial charge in [0, 0.05) is 20.1 Å². The standard InChI is InChI=1S/C9H18N2O2/c1-11(2)8(12)6-9(13)4-3-7(10)5-9/h7,13H,3-6,10H2,1-2H3. The zero-order chi connectivity index (χ0) is 10.1. The maximum Gasteiger partial charge on any atom is 0.224 e. The molecule has 76 valence electrons. The Balaban J connectivity index is 2.48. The van der Waals surface area contributed by atoms with Crippen molar-refractivity contribution in [2.24, 2.45) is 5.73 Å². The summed E-state index contributed by atoms with van der Waals surface area (Å²) in [6.07, 6.45) is 2.21. The Hall–Kier alpha value is -0.610. The van der Waals surface area contributed by atoms with Gasteiger partial charge in [-0.1, -0.05) is 0 Å². The average molecular weight is 186 g/mol. The number of carbonyl (C=O) groups excluding carboxylic acids is 1. The Labute approximate surface area is 78.7 Å². The minimum atomic E-state index is -0.846. The second kappa shape index (κ2) is 3.64. The van der Waals surface area contributed by atoms with Gasteiger partial charge in [0.15, 0.2) is 0 Å². The lowest BCUT2D eigenvalue weighted by molar-refractivity contribution is -0.133. The van der Waals surface area contributed by atoms with Crippen LogP contribution < -0.4 is 5.73 Å². The summed E-state index contributed by atoms with van der Waals surface area (Å²) in [7, 11) is 3.39. The monoisotopic (exact) mass is 186 g/mol. The Morgan fingerprint density at radius 1 is 1.69 bits per heavy atom. The van der Waals surface area contributed by atoms with Crippen molar-refractivity contribution in [2.75, 3.05) is 14.1 Å². The minimum absolute atomic E-state index is 0.0309. The van der Waals surface area contributed by atoms with Gasteiger partial charge in [0.1, 0.15) is 0 Å². The van der Waals surface area contributed by atoms with E-state index in [1.54, 1.807) is 14.1 Å². The molecule has 0 aliphatic heterocycles. The first-order chi connectivity index (χ1) is 5.93. The number of carbonyl (C=O) groups is 1. The molecule has 0 aromatic rings. The summed E-state index contributed by atoms with van der Waals surface area (Å²) in [6.45, 7) is 0. The Kier molecular flexibility index (Phi) is 2.93. The van der Waals surface area contributed by atoms with E-state index in [9.17, 15) is 9.90 Å². The fourth-order valence-corrected chi connectivity index (χ4v) is 1.75. The maximum atomic E-state index is 11.3. The molecule has 1 fully saturated rings. The van der Waals surface area contributed by atoms with Crippen LogP contribution in [0.3, 0.4) is 0 Å². The SMILES string of the molecule is CN(C)C(=O)CC1(O)CCC(N)C1. The molecule has 0 aromatic carbocycles. The van der Waals surface area contributed by atoms with Gasteiger partial charge in [-0.3, -0.25) is 4.79 Å². The highest BCUT2D eigenvalue weighted by atomic mass is 16.3. The van der Waals surface area contributed by atoms with E-state index in [0.29, 0.717) is 12.8 Å². The Bertz CT molecular complexity index is 206. The number of amides is 1. The zero-order valence-electron chi connectivity index (χ0n) is 8.29. The molecule has 3 N–H and O–H groups in total. The van der Waals surface area contributed by atoms with E-state index in [0.717, 1.165) is 6.42 Å². The van der Waals surface area contributed by atoms with Crippen LogP contribution in [0, 0.1) is 0 Å². The molecule has 13 heavy (non-hydrogen) atoms. The second-order valence-corrected chi connectivity index (χ2v) is 4.19. The number of rotatable bonds is 2. The van der Waals surface area contributed by atoms with E-state index in [4.69, 9.17) is 5.73 Å². The van der Waals surface area contributed by atoms with Crippen molar-refractivity contribution in [2.45, 2.75) is 37.3 Å². The molecule has 4 nitrogen and oxygen atoms in total. The quantitative estimate of drug-likeness (QED) is 0.622. The lowest BCUT2D eigenvalue weighted by atomic mass is 9.97. The van der Waals surface area contributed by atoms with Crippen LogP contribution in [0.1, 0.15) is 25.7 Å². The van der Waals surface area contributed by atoms with Crippen LogP contribution in [-0.2, 0) is 4.79 Å². The first-order valence-corrected chi connectivity index (χ1v) is 4.61. The summed E-state index contributed by atoms with van der Waals surface area (Å²) in [5.41, 5.74) is 4.83. The van der Waals surface area contributed by atoms with E-state index in [-0.39, 0.29) is 18.4 Å². The van der Waals surface area contributed by atoms with Crippen molar-refractivity contribution < 1.29 is 9.90 Å². The first-order valence-electron chi connectivity index (χ1n) is 4.61. The second-order valence-electron chi connectivity index (χ2n) is 4.19. The number of hydrogen-bond donors (Lipinski definition) is 2. The maximum absolute atomic E-state index is 11.3. The Morgan fingerprint density at radius 2 is 2.31 bits per heavy atom. The zero-order valence-corrected chi connectivity index (χ0v) is 8.29. The summed E-state index contributed by atoms with van der Waals surface area (Å²) in [5, 5.41) is 9.95. The van der Waals surface area contributed by atoms with Gasteiger partial charge >= 0.3 is 0 Å². The molecular weight excluding hydrogens is 168 g/mol. The summed E-state index contributed by atoms with van der Waals surface area (Å²) >= 11 is 0. The molecule has 1 aliphatic carbocycles. The van der Waals surface area contributed by atoms with Crippen LogP contribution in [0.5, 0.6) is 0 Å². The molecule has 1 rings (SSSR count). The van der Waals surface area contributed by atoms with Gasteiger partial charge in [-0.15, -0.1) is 0 Å². The van der Waals surface area contributed by atoms with E-state index in [1.165, 1.54) is 4.90 Å². The fraction of sp³-hybridized carbons (Fsp3) is 0.889. The molecule has 0 saturated heterocycles. The molecule has 1 saturated carbocycles. The minimum Gasteiger partial charge on any atom is -0.389 e. The highest BCUT2D eigenvalue weighted by Crippen LogP contribution is 2.31. The highest BCUT2D eigenvalue weighted by molar-refractivity contribution is 5.76. The number of nitrogens with zero attached hydrogens (tertiary/aromatic N) is 1. The number of hydrogen-bond acceptors (Lipinski definition) is 3. The molecular formula is C9H18N2O2. The van der Waals surface area contributed by atoms with E-state index in [1.807, 2.05) is 0 Å². The van der Waals surface area contributed by atoms with Crippen LogP contribution in [0.2, 0.25) is 0 Å². The fourth-order valence-electron chi connectivity index (χ4n) is 1.75. The van der Waals surface area contributed by atoms with Crippen molar-refractivity contribution in [1.82, 2.24) is 4.90 Å². The third-order valence-electron chi connectivity index (χ3n) is 2.60. The lowest BCUT2D eigenvalue weighted by Gasteiger charge is -2.23. The normalized spacial score (nSPS) is 33.4. The van der Waals surface area contributed by atoms with Gasteiger partial charge < -0.3 is 15.7 Å². The van der Waals surface area contributed by atoms with Gasteiger partial charge in [0.2, 0.25) is 5.91 Å². The van der Waals surface area contributed by atoms with Crippen molar-refractivity contribution in [3.63, 3.8) is 0 Å². The lowest BCUT2D eigenvalue weighted by Crippen LogP contribution is -2.35. The van der Waals surface area contributed by atoms with Crippen LogP contribution in [0.4, 0.5) is 0 Å². The largest absolute Gasteiger partial charge is 0.389 e. The van der Waals surface area contributed by atoms with Crippen molar-refractivity contribution in [3.05, 3.63) is 0 Å². The van der Waals surface area contributed by atoms with Crippen molar-refractivity contribution in [1.29, 1.82) is 0 Å². The average Bonchev–Trinajstić information content (AvgIpc) is 2.30. The third kappa shape index (κ3) is 2.67. The number of aliphatic hydroxyl groups is 1. The van der Waals surface area contributed by atoms with Crippen LogP contribution in [-0.4, -0.2) is 41.7 Å². The molecule has 1 aliphatic rings. The van der Waals surface area contributed by atoms with Crippen LogP contribution in [0.25, 0.3) is 0 Å². The predicted molar refractivity (Wildman–Crippen MR) is 50.1 cm³/mol. The topological polar surface area (TPSA) is 66.6 Å². The van der Waals surface area contributed by atoms with Crippen LogP contribution >= 0.6 is 0 Å². The number of nitrogens with two attached hydrogens (primary N) is 1. The van der Waals surface area contributed by atoms with Gasteiger partial charge in [-0.25, -0.2) is 0 Å². The van der Waals surface area contributed by atoms with E-state index < -0.39 is 5.60 Å². The van der Waals surface area contributed by atoms with Crippen LogP contribution in [0.15, 0.2) is 0 Å². The Morgan fingerprint density at radius 3 is 2.69 bits per heavy atom. The third-order valence-corrected chi connectivity index (χ3v) is 2.60. The first kappa shape index (κ1) is 10.5. The van der Waals surface area contributed by atoms with Gasteiger partial charge in [0.25, 0.3) is 0 Å². The molecule has 2 atom stereocenters. The molecule has 0 spiro atoms. The summed E-state index contributed by atoms with van der Waals surface area (Å²) in [5.74, 6) is -0.0309. The molecule has 0 bridgehead atoms. The van der Waals surface area contributed by atoms with Gasteiger partial charge in [-0.05, 0) is 19.3 Å².